The van der Waals surface area contributed by atoms with Crippen molar-refractivity contribution < 1.29 is 0 Å². The molecule has 0 aromatic rings. The van der Waals surface area contributed by atoms with Crippen molar-refractivity contribution in [1.29, 1.82) is 0 Å². The van der Waals surface area contributed by atoms with Crippen molar-refractivity contribution in [2.24, 2.45) is 0 Å². The van der Waals surface area contributed by atoms with Crippen molar-refractivity contribution in [2.45, 2.75) is 19.8 Å². The Morgan fingerprint density at radius 1 is 1.00 bits per heavy atom. The Labute approximate surface area is 86.8 Å². The first-order chi connectivity index (χ1) is 6.36. The summed E-state index contributed by atoms with van der Waals surface area (Å²) in [7, 11) is 0. The SMILES string of the molecule is CCN1CCN(CCCCCl)CC1. The summed E-state index contributed by atoms with van der Waals surface area (Å²) in [6.07, 6.45) is 2.42. The second-order valence-electron chi connectivity index (χ2n) is 3.67. The van der Waals surface area contributed by atoms with Gasteiger partial charge in [0.1, 0.15) is 0 Å². The monoisotopic (exact) mass is 204 g/mol. The van der Waals surface area contributed by atoms with E-state index in [4.69, 9.17) is 11.6 Å². The molecule has 1 aliphatic heterocycles. The van der Waals surface area contributed by atoms with E-state index in [0.29, 0.717) is 0 Å². The van der Waals surface area contributed by atoms with Gasteiger partial charge in [-0.25, -0.2) is 0 Å². The summed E-state index contributed by atoms with van der Waals surface area (Å²) in [6.45, 7) is 9.67. The fourth-order valence-electron chi connectivity index (χ4n) is 1.76. The molecule has 1 fully saturated rings. The van der Waals surface area contributed by atoms with E-state index in [1.165, 1.54) is 45.7 Å². The van der Waals surface area contributed by atoms with Gasteiger partial charge in [-0.2, -0.15) is 0 Å². The molecule has 0 aromatic carbocycles. The fraction of sp³-hybridized carbons (Fsp3) is 1.00. The maximum atomic E-state index is 5.64. The van der Waals surface area contributed by atoms with Crippen molar-refractivity contribution in [2.75, 3.05) is 45.1 Å². The Hall–Kier alpha value is 0.210. The molecule has 0 amide bonds. The van der Waals surface area contributed by atoms with E-state index in [1.54, 1.807) is 0 Å². The first-order valence-electron chi connectivity index (χ1n) is 5.37. The van der Waals surface area contributed by atoms with Crippen molar-refractivity contribution in [1.82, 2.24) is 9.80 Å². The summed E-state index contributed by atoms with van der Waals surface area (Å²) in [5.41, 5.74) is 0. The van der Waals surface area contributed by atoms with Crippen LogP contribution in [0.3, 0.4) is 0 Å². The summed E-state index contributed by atoms with van der Waals surface area (Å²) >= 11 is 5.64. The first-order valence-corrected chi connectivity index (χ1v) is 5.91. The summed E-state index contributed by atoms with van der Waals surface area (Å²) < 4.78 is 0. The van der Waals surface area contributed by atoms with E-state index in [-0.39, 0.29) is 0 Å². The van der Waals surface area contributed by atoms with Crippen LogP contribution >= 0.6 is 11.6 Å². The largest absolute Gasteiger partial charge is 0.301 e. The number of halogens is 1. The van der Waals surface area contributed by atoms with Crippen LogP contribution in [0.4, 0.5) is 0 Å². The predicted molar refractivity (Wildman–Crippen MR) is 58.5 cm³/mol. The van der Waals surface area contributed by atoms with Gasteiger partial charge in [-0.1, -0.05) is 6.92 Å². The summed E-state index contributed by atoms with van der Waals surface area (Å²) in [6, 6.07) is 0. The van der Waals surface area contributed by atoms with Crippen LogP contribution in [0.1, 0.15) is 19.8 Å². The molecule has 2 nitrogen and oxygen atoms in total. The second kappa shape index (κ2) is 6.63. The van der Waals surface area contributed by atoms with E-state index < -0.39 is 0 Å². The molecular formula is C10H21ClN2. The van der Waals surface area contributed by atoms with Crippen LogP contribution in [-0.2, 0) is 0 Å². The highest BCUT2D eigenvalue weighted by atomic mass is 35.5. The molecule has 1 aliphatic rings. The topological polar surface area (TPSA) is 6.48 Å². The Morgan fingerprint density at radius 2 is 1.62 bits per heavy atom. The van der Waals surface area contributed by atoms with Gasteiger partial charge in [0.15, 0.2) is 0 Å². The van der Waals surface area contributed by atoms with Gasteiger partial charge in [-0.05, 0) is 25.9 Å². The molecule has 1 rings (SSSR count). The third kappa shape index (κ3) is 4.30. The van der Waals surface area contributed by atoms with E-state index in [2.05, 4.69) is 16.7 Å². The average Bonchev–Trinajstić information content (AvgIpc) is 2.19. The van der Waals surface area contributed by atoms with Crippen LogP contribution in [0.15, 0.2) is 0 Å². The van der Waals surface area contributed by atoms with Crippen molar-refractivity contribution in [3.63, 3.8) is 0 Å². The molecule has 0 atom stereocenters. The molecule has 0 bridgehead atoms. The van der Waals surface area contributed by atoms with Crippen LogP contribution in [0.25, 0.3) is 0 Å². The molecule has 0 N–H and O–H groups in total. The number of unbranched alkanes of at least 4 members (excludes halogenated alkanes) is 1. The Kier molecular flexibility index (Phi) is 5.76. The second-order valence-corrected chi connectivity index (χ2v) is 4.05. The molecule has 1 saturated heterocycles. The lowest BCUT2D eigenvalue weighted by molar-refractivity contribution is 0.136. The molecule has 0 aliphatic carbocycles. The number of piperazine rings is 1. The number of hydrogen-bond acceptors (Lipinski definition) is 2. The first kappa shape index (κ1) is 11.3. The van der Waals surface area contributed by atoms with Gasteiger partial charge in [0.2, 0.25) is 0 Å². The maximum absolute atomic E-state index is 5.64. The van der Waals surface area contributed by atoms with Crippen molar-refractivity contribution >= 4 is 11.6 Å². The summed E-state index contributed by atoms with van der Waals surface area (Å²) in [5.74, 6) is 0.814. The zero-order valence-electron chi connectivity index (χ0n) is 8.64. The Morgan fingerprint density at radius 3 is 2.15 bits per heavy atom. The Bertz CT molecular complexity index is 119. The zero-order chi connectivity index (χ0) is 9.52. The lowest BCUT2D eigenvalue weighted by Crippen LogP contribution is -2.46. The van der Waals surface area contributed by atoms with Gasteiger partial charge in [0, 0.05) is 32.1 Å². The number of hydrogen-bond donors (Lipinski definition) is 0. The van der Waals surface area contributed by atoms with Gasteiger partial charge < -0.3 is 9.80 Å². The highest BCUT2D eigenvalue weighted by Gasteiger charge is 2.14. The van der Waals surface area contributed by atoms with Crippen LogP contribution in [0.5, 0.6) is 0 Å². The van der Waals surface area contributed by atoms with E-state index in [1.807, 2.05) is 0 Å². The molecule has 0 radical (unpaired) electrons. The third-order valence-corrected chi connectivity index (χ3v) is 3.04. The quantitative estimate of drug-likeness (QED) is 0.497. The smallest absolute Gasteiger partial charge is 0.0223 e. The molecular weight excluding hydrogens is 184 g/mol. The van der Waals surface area contributed by atoms with Gasteiger partial charge in [0.05, 0.1) is 0 Å². The standard InChI is InChI=1S/C10H21ClN2/c1-2-12-7-9-13(10-8-12)6-4-3-5-11/h2-10H2,1H3. The third-order valence-electron chi connectivity index (χ3n) is 2.77. The molecule has 3 heteroatoms. The molecule has 78 valence electrons. The minimum atomic E-state index is 0.814. The van der Waals surface area contributed by atoms with Crippen molar-refractivity contribution in [3.8, 4) is 0 Å². The van der Waals surface area contributed by atoms with Crippen LogP contribution < -0.4 is 0 Å². The molecule has 0 spiro atoms. The molecule has 13 heavy (non-hydrogen) atoms. The number of alkyl halides is 1. The number of nitrogens with zero attached hydrogens (tertiary/aromatic N) is 2. The normalized spacial score (nSPS) is 20.8. The van der Waals surface area contributed by atoms with Gasteiger partial charge in [-0.3, -0.25) is 0 Å². The zero-order valence-corrected chi connectivity index (χ0v) is 9.39. The highest BCUT2D eigenvalue weighted by Crippen LogP contribution is 2.03. The Balaban J connectivity index is 2.03. The van der Waals surface area contributed by atoms with E-state index >= 15 is 0 Å². The maximum Gasteiger partial charge on any atom is 0.0223 e. The van der Waals surface area contributed by atoms with Crippen molar-refractivity contribution in [3.05, 3.63) is 0 Å². The van der Waals surface area contributed by atoms with Crippen LogP contribution in [0.2, 0.25) is 0 Å². The van der Waals surface area contributed by atoms with Gasteiger partial charge in [0.25, 0.3) is 0 Å². The molecule has 0 aromatic heterocycles. The van der Waals surface area contributed by atoms with Gasteiger partial charge >= 0.3 is 0 Å². The predicted octanol–water partition coefficient (Wildman–Crippen LogP) is 1.64. The van der Waals surface area contributed by atoms with E-state index in [0.717, 1.165) is 12.3 Å². The molecule has 0 saturated carbocycles. The lowest BCUT2D eigenvalue weighted by atomic mass is 10.2. The van der Waals surface area contributed by atoms with Crippen LogP contribution in [0, 0.1) is 0 Å². The van der Waals surface area contributed by atoms with E-state index in [9.17, 15) is 0 Å². The summed E-state index contributed by atoms with van der Waals surface area (Å²) in [4.78, 5) is 5.07. The minimum Gasteiger partial charge on any atom is -0.301 e. The fourth-order valence-corrected chi connectivity index (χ4v) is 1.95. The average molecular weight is 205 g/mol. The number of likely N-dealkylation sites (N-methyl/N-ethyl adjacent to an activating group) is 1. The summed E-state index contributed by atoms with van der Waals surface area (Å²) in [5, 5.41) is 0. The van der Waals surface area contributed by atoms with Crippen LogP contribution in [-0.4, -0.2) is 54.9 Å². The number of rotatable bonds is 5. The minimum absolute atomic E-state index is 0.814. The lowest BCUT2D eigenvalue weighted by Gasteiger charge is -2.33. The highest BCUT2D eigenvalue weighted by molar-refractivity contribution is 6.17. The molecule has 0 unspecified atom stereocenters. The van der Waals surface area contributed by atoms with Gasteiger partial charge in [-0.15, -0.1) is 11.6 Å². The molecule has 1 heterocycles.